The Bertz CT molecular complexity index is 537. The number of ether oxygens (including phenoxy) is 1. The molecular formula is C17H23FN2O3. The van der Waals surface area contributed by atoms with E-state index in [-0.39, 0.29) is 36.2 Å². The summed E-state index contributed by atoms with van der Waals surface area (Å²) in [7, 11) is 0. The molecule has 1 aliphatic rings. The third-order valence-corrected chi connectivity index (χ3v) is 3.89. The molecule has 1 fully saturated rings. The fourth-order valence-corrected chi connectivity index (χ4v) is 2.41. The van der Waals surface area contributed by atoms with Crippen molar-refractivity contribution in [3.8, 4) is 5.75 Å². The van der Waals surface area contributed by atoms with Gasteiger partial charge in [0.15, 0.2) is 6.61 Å². The highest BCUT2D eigenvalue weighted by molar-refractivity contribution is 5.79. The second kappa shape index (κ2) is 7.94. The van der Waals surface area contributed by atoms with E-state index in [1.165, 1.54) is 24.3 Å². The Hall–Kier alpha value is -2.11. The Kier molecular flexibility index (Phi) is 5.96. The lowest BCUT2D eigenvalue weighted by Gasteiger charge is -2.32. The molecule has 0 aromatic heterocycles. The molecule has 1 aromatic rings. The van der Waals surface area contributed by atoms with Crippen LogP contribution in [0.5, 0.6) is 5.75 Å². The van der Waals surface area contributed by atoms with Gasteiger partial charge in [-0.15, -0.1) is 0 Å². The van der Waals surface area contributed by atoms with Crippen LogP contribution in [0.4, 0.5) is 4.39 Å². The second-order valence-corrected chi connectivity index (χ2v) is 6.06. The number of hydrogen-bond acceptors (Lipinski definition) is 3. The number of piperidine rings is 1. The van der Waals surface area contributed by atoms with Crippen molar-refractivity contribution >= 4 is 11.8 Å². The Morgan fingerprint density at radius 1 is 1.26 bits per heavy atom. The predicted molar refractivity (Wildman–Crippen MR) is 84.5 cm³/mol. The number of carbonyl (C=O) groups is 2. The van der Waals surface area contributed by atoms with E-state index < -0.39 is 0 Å². The van der Waals surface area contributed by atoms with Crippen molar-refractivity contribution in [2.75, 3.05) is 19.7 Å². The Labute approximate surface area is 135 Å². The van der Waals surface area contributed by atoms with Crippen LogP contribution in [0.2, 0.25) is 0 Å². The Morgan fingerprint density at radius 3 is 2.43 bits per heavy atom. The topological polar surface area (TPSA) is 58.6 Å². The van der Waals surface area contributed by atoms with E-state index in [1.807, 2.05) is 13.8 Å². The van der Waals surface area contributed by atoms with Gasteiger partial charge in [0.2, 0.25) is 5.91 Å². The van der Waals surface area contributed by atoms with Gasteiger partial charge in [0.1, 0.15) is 11.6 Å². The van der Waals surface area contributed by atoms with Crippen molar-refractivity contribution in [2.45, 2.75) is 32.7 Å². The molecule has 5 nitrogen and oxygen atoms in total. The van der Waals surface area contributed by atoms with Crippen LogP contribution < -0.4 is 10.1 Å². The maximum atomic E-state index is 12.8. The van der Waals surface area contributed by atoms with Crippen LogP contribution in [-0.4, -0.2) is 42.5 Å². The number of halogens is 1. The van der Waals surface area contributed by atoms with Crippen molar-refractivity contribution in [3.05, 3.63) is 30.1 Å². The quantitative estimate of drug-likeness (QED) is 0.902. The summed E-state index contributed by atoms with van der Waals surface area (Å²) in [5.74, 6) is 0.0594. The third kappa shape index (κ3) is 5.23. The predicted octanol–water partition coefficient (Wildman–Crippen LogP) is 1.97. The zero-order chi connectivity index (χ0) is 16.8. The average Bonchev–Trinajstić information content (AvgIpc) is 2.54. The van der Waals surface area contributed by atoms with E-state index in [0.29, 0.717) is 18.8 Å². The first-order chi connectivity index (χ1) is 11.0. The Morgan fingerprint density at radius 2 is 1.87 bits per heavy atom. The standard InChI is InChI=1S/C17H23FN2O3/c1-12(2)17(22)19-14-7-9-20(10-8-14)16(21)11-23-15-5-3-13(18)4-6-15/h3-6,12,14H,7-11H2,1-2H3,(H,19,22). The van der Waals surface area contributed by atoms with Crippen molar-refractivity contribution in [3.63, 3.8) is 0 Å². The summed E-state index contributed by atoms with van der Waals surface area (Å²) < 4.78 is 18.2. The first-order valence-electron chi connectivity index (χ1n) is 7.92. The minimum Gasteiger partial charge on any atom is -0.484 e. The van der Waals surface area contributed by atoms with Gasteiger partial charge < -0.3 is 15.0 Å². The van der Waals surface area contributed by atoms with E-state index in [2.05, 4.69) is 5.32 Å². The second-order valence-electron chi connectivity index (χ2n) is 6.06. The van der Waals surface area contributed by atoms with Crippen LogP contribution in [0.25, 0.3) is 0 Å². The first kappa shape index (κ1) is 17.2. The van der Waals surface area contributed by atoms with Crippen LogP contribution in [0.1, 0.15) is 26.7 Å². The highest BCUT2D eigenvalue weighted by Gasteiger charge is 2.24. The van der Waals surface area contributed by atoms with Crippen LogP contribution in [0.15, 0.2) is 24.3 Å². The maximum Gasteiger partial charge on any atom is 0.260 e. The zero-order valence-electron chi connectivity index (χ0n) is 13.5. The minimum absolute atomic E-state index is 0.0289. The normalized spacial score (nSPS) is 15.6. The number of carbonyl (C=O) groups excluding carboxylic acids is 2. The average molecular weight is 322 g/mol. The molecule has 2 amide bonds. The number of hydrogen-bond donors (Lipinski definition) is 1. The van der Waals surface area contributed by atoms with Gasteiger partial charge in [-0.25, -0.2) is 4.39 Å². The van der Waals surface area contributed by atoms with Gasteiger partial charge in [0.05, 0.1) is 0 Å². The summed E-state index contributed by atoms with van der Waals surface area (Å²) >= 11 is 0. The van der Waals surface area contributed by atoms with Crippen LogP contribution in [-0.2, 0) is 9.59 Å². The number of amides is 2. The van der Waals surface area contributed by atoms with Gasteiger partial charge >= 0.3 is 0 Å². The summed E-state index contributed by atoms with van der Waals surface area (Å²) in [6, 6.07) is 5.71. The van der Waals surface area contributed by atoms with Gasteiger partial charge in [-0.05, 0) is 37.1 Å². The molecule has 1 heterocycles. The molecule has 1 aromatic carbocycles. The van der Waals surface area contributed by atoms with Crippen molar-refractivity contribution in [1.82, 2.24) is 10.2 Å². The van der Waals surface area contributed by atoms with Gasteiger partial charge in [-0.1, -0.05) is 13.8 Å². The molecule has 23 heavy (non-hydrogen) atoms. The molecule has 2 rings (SSSR count). The van der Waals surface area contributed by atoms with Gasteiger partial charge in [0, 0.05) is 25.0 Å². The number of likely N-dealkylation sites (tertiary alicyclic amines) is 1. The lowest BCUT2D eigenvalue weighted by Crippen LogP contribution is -2.48. The number of benzene rings is 1. The molecule has 0 radical (unpaired) electrons. The van der Waals surface area contributed by atoms with Gasteiger partial charge in [-0.2, -0.15) is 0 Å². The summed E-state index contributed by atoms with van der Waals surface area (Å²) in [6.07, 6.45) is 1.50. The molecule has 0 aliphatic carbocycles. The monoisotopic (exact) mass is 322 g/mol. The summed E-state index contributed by atoms with van der Waals surface area (Å²) in [5, 5.41) is 3.00. The highest BCUT2D eigenvalue weighted by atomic mass is 19.1. The first-order valence-corrected chi connectivity index (χ1v) is 7.92. The molecule has 6 heteroatoms. The summed E-state index contributed by atoms with van der Waals surface area (Å²) in [4.78, 5) is 25.5. The van der Waals surface area contributed by atoms with E-state index in [9.17, 15) is 14.0 Å². The highest BCUT2D eigenvalue weighted by Crippen LogP contribution is 2.14. The van der Waals surface area contributed by atoms with Crippen LogP contribution in [0.3, 0.4) is 0 Å². The molecule has 0 spiro atoms. The molecular weight excluding hydrogens is 299 g/mol. The van der Waals surface area contributed by atoms with Gasteiger partial charge in [-0.3, -0.25) is 9.59 Å². The minimum atomic E-state index is -0.339. The van der Waals surface area contributed by atoms with E-state index in [1.54, 1.807) is 4.90 Å². The fourth-order valence-electron chi connectivity index (χ4n) is 2.41. The van der Waals surface area contributed by atoms with E-state index in [4.69, 9.17) is 4.74 Å². The summed E-state index contributed by atoms with van der Waals surface area (Å²) in [5.41, 5.74) is 0. The Balaban J connectivity index is 1.73. The lowest BCUT2D eigenvalue weighted by molar-refractivity contribution is -0.134. The van der Waals surface area contributed by atoms with Crippen molar-refractivity contribution in [1.29, 1.82) is 0 Å². The molecule has 0 atom stereocenters. The maximum absolute atomic E-state index is 12.8. The fraction of sp³-hybridized carbons (Fsp3) is 0.529. The smallest absolute Gasteiger partial charge is 0.260 e. The SMILES string of the molecule is CC(C)C(=O)NC1CCN(C(=O)COc2ccc(F)cc2)CC1. The van der Waals surface area contributed by atoms with Gasteiger partial charge in [0.25, 0.3) is 5.91 Å². The van der Waals surface area contributed by atoms with Crippen LogP contribution >= 0.6 is 0 Å². The number of nitrogens with one attached hydrogen (secondary N) is 1. The summed E-state index contributed by atoms with van der Waals surface area (Å²) in [6.45, 7) is 4.87. The molecule has 126 valence electrons. The van der Waals surface area contributed by atoms with Crippen molar-refractivity contribution < 1.29 is 18.7 Å². The van der Waals surface area contributed by atoms with Crippen LogP contribution in [0, 0.1) is 11.7 Å². The zero-order valence-corrected chi connectivity index (χ0v) is 13.5. The third-order valence-electron chi connectivity index (χ3n) is 3.89. The molecule has 0 saturated carbocycles. The number of nitrogens with zero attached hydrogens (tertiary/aromatic N) is 1. The lowest BCUT2D eigenvalue weighted by atomic mass is 10.0. The van der Waals surface area contributed by atoms with Crippen molar-refractivity contribution in [2.24, 2.45) is 5.92 Å². The molecule has 1 N–H and O–H groups in total. The molecule has 0 bridgehead atoms. The molecule has 1 aliphatic heterocycles. The largest absolute Gasteiger partial charge is 0.484 e. The van der Waals surface area contributed by atoms with E-state index >= 15 is 0 Å². The molecule has 0 unspecified atom stereocenters. The molecule has 1 saturated heterocycles. The van der Waals surface area contributed by atoms with E-state index in [0.717, 1.165) is 12.8 Å². The number of rotatable bonds is 5.